The van der Waals surface area contributed by atoms with Gasteiger partial charge in [-0.3, -0.25) is 25.6 Å². The number of carbonyl (C=O) groups excluding carboxylic acids is 3. The molecule has 28 heavy (non-hydrogen) atoms. The number of carbonyl (C=O) groups is 3. The second kappa shape index (κ2) is 8.93. The van der Waals surface area contributed by atoms with Gasteiger partial charge < -0.3 is 4.74 Å². The molecule has 10 nitrogen and oxygen atoms in total. The van der Waals surface area contributed by atoms with Gasteiger partial charge in [-0.25, -0.2) is 15.6 Å². The number of nitrogens with one attached hydrogen (secondary N) is 5. The molecule has 1 fully saturated rings. The second-order valence-electron chi connectivity index (χ2n) is 5.83. The molecule has 2 aromatic rings. The zero-order valence-electron chi connectivity index (χ0n) is 15.1. The van der Waals surface area contributed by atoms with E-state index in [2.05, 4.69) is 32.0 Å². The molecule has 1 saturated heterocycles. The lowest BCUT2D eigenvalue weighted by molar-refractivity contribution is -0.124. The van der Waals surface area contributed by atoms with E-state index in [-0.39, 0.29) is 6.54 Å². The summed E-state index contributed by atoms with van der Waals surface area (Å²) < 4.78 is 5.65. The van der Waals surface area contributed by atoms with Gasteiger partial charge in [-0.05, 0) is 23.8 Å². The SMILES string of the molecule is CCOc1ccc2ccccc2c1/C=N/NC(=O)CNC1NNC(=O)NC1=O. The van der Waals surface area contributed by atoms with Crippen LogP contribution in [0.15, 0.2) is 41.5 Å². The molecule has 0 aromatic heterocycles. The Morgan fingerprint density at radius 1 is 1.25 bits per heavy atom. The van der Waals surface area contributed by atoms with Gasteiger partial charge in [0.25, 0.3) is 11.8 Å². The highest BCUT2D eigenvalue weighted by Gasteiger charge is 2.25. The number of hydrazine groups is 1. The number of amides is 4. The van der Waals surface area contributed by atoms with Gasteiger partial charge in [0.1, 0.15) is 5.75 Å². The summed E-state index contributed by atoms with van der Waals surface area (Å²) in [6.07, 6.45) is 0.604. The summed E-state index contributed by atoms with van der Waals surface area (Å²) in [5, 5.41) is 10.7. The zero-order valence-corrected chi connectivity index (χ0v) is 15.1. The van der Waals surface area contributed by atoms with Crippen LogP contribution < -0.4 is 31.6 Å². The lowest BCUT2D eigenvalue weighted by atomic mass is 10.0. The zero-order chi connectivity index (χ0) is 19.9. The molecular formula is C18H20N6O4. The fraction of sp³-hybridized carbons (Fsp3) is 0.222. The molecule has 1 heterocycles. The Kier molecular flexibility index (Phi) is 6.14. The molecule has 1 aliphatic heterocycles. The van der Waals surface area contributed by atoms with Crippen molar-refractivity contribution >= 4 is 34.8 Å². The Morgan fingerprint density at radius 2 is 2.07 bits per heavy atom. The number of hydrogen-bond donors (Lipinski definition) is 5. The Morgan fingerprint density at radius 3 is 2.86 bits per heavy atom. The standard InChI is InChI=1S/C18H20N6O4/c1-2-28-14-8-7-11-5-3-4-6-12(11)13(14)9-20-22-15(25)10-19-16-17(26)21-18(27)24-23-16/h3-9,16,19,23H,2,10H2,1H3,(H,22,25)(H2,21,24,26,27)/b20-9+. The summed E-state index contributed by atoms with van der Waals surface area (Å²) in [7, 11) is 0. The van der Waals surface area contributed by atoms with Crippen LogP contribution in [0.25, 0.3) is 10.8 Å². The second-order valence-corrected chi connectivity index (χ2v) is 5.83. The van der Waals surface area contributed by atoms with Crippen LogP contribution in [0.1, 0.15) is 12.5 Å². The highest BCUT2D eigenvalue weighted by atomic mass is 16.5. The van der Waals surface area contributed by atoms with Crippen molar-refractivity contribution in [3.05, 3.63) is 42.0 Å². The molecule has 0 radical (unpaired) electrons. The van der Waals surface area contributed by atoms with Gasteiger partial charge in [0, 0.05) is 5.56 Å². The van der Waals surface area contributed by atoms with E-state index in [0.717, 1.165) is 16.3 Å². The minimum absolute atomic E-state index is 0.188. The van der Waals surface area contributed by atoms with Crippen molar-refractivity contribution in [3.8, 4) is 5.75 Å². The predicted molar refractivity (Wildman–Crippen MR) is 102 cm³/mol. The van der Waals surface area contributed by atoms with Crippen molar-refractivity contribution in [2.45, 2.75) is 13.1 Å². The summed E-state index contributed by atoms with van der Waals surface area (Å²) in [5.41, 5.74) is 7.82. The van der Waals surface area contributed by atoms with Crippen LogP contribution in [-0.2, 0) is 9.59 Å². The maximum atomic E-state index is 12.0. The molecule has 0 spiro atoms. The molecule has 0 aliphatic carbocycles. The molecule has 5 N–H and O–H groups in total. The summed E-state index contributed by atoms with van der Waals surface area (Å²) >= 11 is 0. The van der Waals surface area contributed by atoms with E-state index in [1.165, 1.54) is 6.21 Å². The summed E-state index contributed by atoms with van der Waals surface area (Å²) in [4.78, 5) is 34.5. The van der Waals surface area contributed by atoms with Gasteiger partial charge >= 0.3 is 6.03 Å². The van der Waals surface area contributed by atoms with E-state index in [1.807, 2.05) is 43.3 Å². The third kappa shape index (κ3) is 4.61. The minimum Gasteiger partial charge on any atom is -0.493 e. The molecule has 0 bridgehead atoms. The summed E-state index contributed by atoms with van der Waals surface area (Å²) in [6, 6.07) is 10.9. The number of imide groups is 1. The molecule has 4 amide bonds. The number of rotatable bonds is 7. The van der Waals surface area contributed by atoms with Gasteiger partial charge in [-0.2, -0.15) is 5.10 Å². The first-order valence-corrected chi connectivity index (χ1v) is 8.64. The van der Waals surface area contributed by atoms with Crippen LogP contribution in [0.3, 0.4) is 0 Å². The van der Waals surface area contributed by atoms with E-state index in [4.69, 9.17) is 4.74 Å². The molecule has 1 unspecified atom stereocenters. The van der Waals surface area contributed by atoms with Crippen molar-refractivity contribution in [2.24, 2.45) is 5.10 Å². The number of benzene rings is 2. The Labute approximate surface area is 160 Å². The van der Waals surface area contributed by atoms with Crippen molar-refractivity contribution < 1.29 is 19.1 Å². The predicted octanol–water partition coefficient (Wildman–Crippen LogP) is -0.0517. The van der Waals surface area contributed by atoms with Crippen molar-refractivity contribution in [1.29, 1.82) is 0 Å². The van der Waals surface area contributed by atoms with Crippen LogP contribution in [0.5, 0.6) is 5.75 Å². The van der Waals surface area contributed by atoms with E-state index in [1.54, 1.807) is 0 Å². The number of urea groups is 1. The van der Waals surface area contributed by atoms with Crippen LogP contribution >= 0.6 is 0 Å². The molecule has 0 saturated carbocycles. The average molecular weight is 384 g/mol. The van der Waals surface area contributed by atoms with Crippen molar-refractivity contribution in [2.75, 3.05) is 13.2 Å². The fourth-order valence-corrected chi connectivity index (χ4v) is 2.66. The number of hydrazone groups is 1. The normalized spacial score (nSPS) is 16.7. The molecular weight excluding hydrogens is 364 g/mol. The highest BCUT2D eigenvalue weighted by Crippen LogP contribution is 2.26. The summed E-state index contributed by atoms with van der Waals surface area (Å²) in [6.45, 7) is 2.20. The van der Waals surface area contributed by atoms with Gasteiger partial charge in [0.15, 0.2) is 6.17 Å². The number of fused-ring (bicyclic) bond motifs is 1. The summed E-state index contributed by atoms with van der Waals surface area (Å²) in [5.74, 6) is -0.380. The third-order valence-electron chi connectivity index (χ3n) is 3.91. The molecule has 2 aromatic carbocycles. The Hall–Kier alpha value is -3.50. The molecule has 10 heteroatoms. The molecule has 3 rings (SSSR count). The monoisotopic (exact) mass is 384 g/mol. The lowest BCUT2D eigenvalue weighted by Gasteiger charge is -2.23. The van der Waals surface area contributed by atoms with Crippen LogP contribution in [0, 0.1) is 0 Å². The quantitative estimate of drug-likeness (QED) is 0.336. The average Bonchev–Trinajstić information content (AvgIpc) is 2.69. The first-order valence-electron chi connectivity index (χ1n) is 8.64. The Balaban J connectivity index is 1.62. The highest BCUT2D eigenvalue weighted by molar-refractivity contribution is 6.02. The van der Waals surface area contributed by atoms with E-state index in [9.17, 15) is 14.4 Å². The molecule has 146 valence electrons. The third-order valence-corrected chi connectivity index (χ3v) is 3.91. The van der Waals surface area contributed by atoms with E-state index in [0.29, 0.717) is 12.4 Å². The van der Waals surface area contributed by atoms with E-state index < -0.39 is 24.0 Å². The first-order chi connectivity index (χ1) is 13.6. The number of ether oxygens (including phenoxy) is 1. The van der Waals surface area contributed by atoms with Gasteiger partial charge in [-0.15, -0.1) is 0 Å². The smallest absolute Gasteiger partial charge is 0.335 e. The van der Waals surface area contributed by atoms with Crippen LogP contribution in [-0.4, -0.2) is 43.4 Å². The lowest BCUT2D eigenvalue weighted by Crippen LogP contribution is -2.67. The fourth-order valence-electron chi connectivity index (χ4n) is 2.66. The van der Waals surface area contributed by atoms with Gasteiger partial charge in [0.05, 0.1) is 19.4 Å². The largest absolute Gasteiger partial charge is 0.493 e. The molecule has 1 atom stereocenters. The Bertz CT molecular complexity index is 929. The maximum Gasteiger partial charge on any atom is 0.335 e. The van der Waals surface area contributed by atoms with Crippen molar-refractivity contribution in [1.82, 2.24) is 26.9 Å². The van der Waals surface area contributed by atoms with Gasteiger partial charge in [-0.1, -0.05) is 30.3 Å². The molecule has 1 aliphatic rings. The van der Waals surface area contributed by atoms with E-state index >= 15 is 0 Å². The topological polar surface area (TPSA) is 133 Å². The van der Waals surface area contributed by atoms with Crippen LogP contribution in [0.4, 0.5) is 4.79 Å². The minimum atomic E-state index is -0.921. The number of hydrogen-bond acceptors (Lipinski definition) is 7. The maximum absolute atomic E-state index is 12.0. The number of nitrogens with zero attached hydrogens (tertiary/aromatic N) is 1. The van der Waals surface area contributed by atoms with Gasteiger partial charge in [0.2, 0.25) is 0 Å². The van der Waals surface area contributed by atoms with Crippen molar-refractivity contribution in [3.63, 3.8) is 0 Å². The van der Waals surface area contributed by atoms with Crippen LogP contribution in [0.2, 0.25) is 0 Å². The first kappa shape index (κ1) is 19.3.